The van der Waals surface area contributed by atoms with E-state index in [0.29, 0.717) is 25.1 Å². The third-order valence-electron chi connectivity index (χ3n) is 2.47. The summed E-state index contributed by atoms with van der Waals surface area (Å²) in [6.45, 7) is 0.292. The summed E-state index contributed by atoms with van der Waals surface area (Å²) >= 11 is 4.03. The molecular weight excluding hydrogens is 202 g/mol. The minimum Gasteiger partial charge on any atom is -0.394 e. The number of aliphatic hydroxyl groups excluding tert-OH is 2. The lowest BCUT2D eigenvalue weighted by molar-refractivity contribution is -0.133. The smallest absolute Gasteiger partial charge is 0.223 e. The quantitative estimate of drug-likeness (QED) is 0.566. The number of carbonyl (C=O) groups excluding carboxylic acids is 1. The normalized spacial score (nSPS) is 26.9. The largest absolute Gasteiger partial charge is 0.394 e. The second-order valence-corrected chi connectivity index (χ2v) is 4.05. The Kier molecular flexibility index (Phi) is 4.71. The van der Waals surface area contributed by atoms with E-state index >= 15 is 0 Å². The van der Waals surface area contributed by atoms with Gasteiger partial charge in [0.1, 0.15) is 0 Å². The van der Waals surface area contributed by atoms with Gasteiger partial charge in [-0.2, -0.15) is 12.6 Å². The van der Waals surface area contributed by atoms with Gasteiger partial charge in [-0.15, -0.1) is 0 Å². The summed E-state index contributed by atoms with van der Waals surface area (Å²) in [4.78, 5) is 13.2. The second kappa shape index (κ2) is 5.58. The van der Waals surface area contributed by atoms with Gasteiger partial charge in [-0.25, -0.2) is 0 Å². The minimum atomic E-state index is -0.480. The molecule has 4 nitrogen and oxygen atoms in total. The molecule has 5 heteroatoms. The highest BCUT2D eigenvalue weighted by Crippen LogP contribution is 2.18. The SMILES string of the molecule is O=C(CCCS)N1C[C@H](O)C[C@H]1CO. The number of thiol groups is 1. The van der Waals surface area contributed by atoms with Crippen molar-refractivity contribution < 1.29 is 15.0 Å². The Bertz CT molecular complexity index is 200. The van der Waals surface area contributed by atoms with E-state index < -0.39 is 6.10 Å². The van der Waals surface area contributed by atoms with Crippen LogP contribution in [-0.2, 0) is 4.79 Å². The summed E-state index contributed by atoms with van der Waals surface area (Å²) in [5.74, 6) is 0.695. The monoisotopic (exact) mass is 219 g/mol. The molecule has 0 aromatic heterocycles. The van der Waals surface area contributed by atoms with E-state index in [1.165, 1.54) is 0 Å². The first-order chi connectivity index (χ1) is 6.69. The maximum absolute atomic E-state index is 11.6. The highest BCUT2D eigenvalue weighted by Gasteiger charge is 2.32. The summed E-state index contributed by atoms with van der Waals surface area (Å²) in [6.07, 6.45) is 1.20. The van der Waals surface area contributed by atoms with Crippen molar-refractivity contribution in [2.45, 2.75) is 31.4 Å². The number of rotatable bonds is 4. The molecule has 1 rings (SSSR count). The second-order valence-electron chi connectivity index (χ2n) is 3.60. The van der Waals surface area contributed by atoms with Gasteiger partial charge in [0.05, 0.1) is 18.8 Å². The maximum atomic E-state index is 11.6. The molecule has 1 aliphatic rings. The number of likely N-dealkylation sites (tertiary alicyclic amines) is 1. The van der Waals surface area contributed by atoms with E-state index in [9.17, 15) is 9.90 Å². The van der Waals surface area contributed by atoms with E-state index in [0.717, 1.165) is 6.42 Å². The third-order valence-corrected chi connectivity index (χ3v) is 2.79. The number of carbonyl (C=O) groups is 1. The van der Waals surface area contributed by atoms with Gasteiger partial charge in [0.15, 0.2) is 0 Å². The first-order valence-corrected chi connectivity index (χ1v) is 5.51. The number of amides is 1. The molecule has 0 aromatic carbocycles. The topological polar surface area (TPSA) is 60.8 Å². The molecule has 1 aliphatic heterocycles. The summed E-state index contributed by atoms with van der Waals surface area (Å²) in [7, 11) is 0. The number of β-amino-alcohol motifs (C(OH)–C–C–N with tert-alkyl or cyclic N) is 1. The van der Waals surface area contributed by atoms with Crippen molar-refractivity contribution >= 4 is 18.5 Å². The van der Waals surface area contributed by atoms with Crippen molar-refractivity contribution in [3.05, 3.63) is 0 Å². The zero-order valence-electron chi connectivity index (χ0n) is 8.09. The first kappa shape index (κ1) is 11.8. The maximum Gasteiger partial charge on any atom is 0.223 e. The van der Waals surface area contributed by atoms with E-state index in [2.05, 4.69) is 12.6 Å². The van der Waals surface area contributed by atoms with Gasteiger partial charge in [-0.05, 0) is 18.6 Å². The molecule has 0 spiro atoms. The summed E-state index contributed by atoms with van der Waals surface area (Å²) in [5, 5.41) is 18.4. The van der Waals surface area contributed by atoms with Crippen molar-refractivity contribution in [2.75, 3.05) is 18.9 Å². The summed E-state index contributed by atoms with van der Waals surface area (Å²) in [5.41, 5.74) is 0. The van der Waals surface area contributed by atoms with Crippen LogP contribution in [0.25, 0.3) is 0 Å². The predicted molar refractivity (Wildman–Crippen MR) is 56.3 cm³/mol. The van der Waals surface area contributed by atoms with Crippen LogP contribution in [0.4, 0.5) is 0 Å². The average molecular weight is 219 g/mol. The molecule has 14 heavy (non-hydrogen) atoms. The fourth-order valence-corrected chi connectivity index (χ4v) is 1.90. The number of aliphatic hydroxyl groups is 2. The zero-order chi connectivity index (χ0) is 10.6. The molecule has 0 bridgehead atoms. The van der Waals surface area contributed by atoms with Crippen LogP contribution in [-0.4, -0.2) is 52.1 Å². The van der Waals surface area contributed by atoms with Gasteiger partial charge < -0.3 is 15.1 Å². The van der Waals surface area contributed by atoms with Crippen LogP contribution in [0.1, 0.15) is 19.3 Å². The summed E-state index contributed by atoms with van der Waals surface area (Å²) < 4.78 is 0. The van der Waals surface area contributed by atoms with Crippen molar-refractivity contribution in [1.29, 1.82) is 0 Å². The van der Waals surface area contributed by atoms with Gasteiger partial charge in [0, 0.05) is 13.0 Å². The molecule has 0 unspecified atom stereocenters. The third kappa shape index (κ3) is 2.87. The Hall–Kier alpha value is -0.260. The molecule has 0 aliphatic carbocycles. The highest BCUT2D eigenvalue weighted by molar-refractivity contribution is 7.80. The summed E-state index contributed by atoms with van der Waals surface area (Å²) in [6, 6.07) is -0.197. The highest BCUT2D eigenvalue weighted by atomic mass is 32.1. The van der Waals surface area contributed by atoms with Crippen LogP contribution in [0.2, 0.25) is 0 Å². The van der Waals surface area contributed by atoms with Crippen molar-refractivity contribution in [3.8, 4) is 0 Å². The Balaban J connectivity index is 2.45. The average Bonchev–Trinajstić information content (AvgIpc) is 2.56. The molecule has 1 amide bonds. The van der Waals surface area contributed by atoms with Crippen molar-refractivity contribution in [3.63, 3.8) is 0 Å². The van der Waals surface area contributed by atoms with E-state index in [-0.39, 0.29) is 18.6 Å². The first-order valence-electron chi connectivity index (χ1n) is 4.88. The van der Waals surface area contributed by atoms with Crippen LogP contribution in [0.15, 0.2) is 0 Å². The molecule has 82 valence electrons. The molecule has 1 fully saturated rings. The van der Waals surface area contributed by atoms with E-state index in [1.54, 1.807) is 4.90 Å². The van der Waals surface area contributed by atoms with E-state index in [1.807, 2.05) is 0 Å². The fraction of sp³-hybridized carbons (Fsp3) is 0.889. The van der Waals surface area contributed by atoms with Gasteiger partial charge in [-0.3, -0.25) is 4.79 Å². The Morgan fingerprint density at radius 1 is 1.57 bits per heavy atom. The minimum absolute atomic E-state index is 0.00894. The Morgan fingerprint density at radius 3 is 2.86 bits per heavy atom. The van der Waals surface area contributed by atoms with Gasteiger partial charge in [-0.1, -0.05) is 0 Å². The molecular formula is C9H17NO3S. The molecule has 1 heterocycles. The Labute approximate surface area is 89.3 Å². The van der Waals surface area contributed by atoms with Crippen LogP contribution in [0.5, 0.6) is 0 Å². The van der Waals surface area contributed by atoms with Crippen LogP contribution < -0.4 is 0 Å². The Morgan fingerprint density at radius 2 is 2.29 bits per heavy atom. The fourth-order valence-electron chi connectivity index (χ4n) is 1.74. The number of hydrogen-bond donors (Lipinski definition) is 3. The molecule has 2 N–H and O–H groups in total. The molecule has 0 saturated carbocycles. The van der Waals surface area contributed by atoms with Gasteiger partial charge in [0.25, 0.3) is 0 Å². The van der Waals surface area contributed by atoms with Crippen LogP contribution in [0.3, 0.4) is 0 Å². The standard InChI is InChI=1S/C9H17NO3S/c11-6-7-4-8(12)5-10(7)9(13)2-1-3-14/h7-8,11-12,14H,1-6H2/t7-,8+/m0/s1. The lowest BCUT2D eigenvalue weighted by Crippen LogP contribution is -2.37. The number of nitrogens with zero attached hydrogens (tertiary/aromatic N) is 1. The lowest BCUT2D eigenvalue weighted by Gasteiger charge is -2.22. The molecule has 1 saturated heterocycles. The lowest BCUT2D eigenvalue weighted by atomic mass is 10.2. The van der Waals surface area contributed by atoms with Gasteiger partial charge >= 0.3 is 0 Å². The van der Waals surface area contributed by atoms with Gasteiger partial charge in [0.2, 0.25) is 5.91 Å². The van der Waals surface area contributed by atoms with E-state index in [4.69, 9.17) is 5.11 Å². The number of hydrogen-bond acceptors (Lipinski definition) is 4. The molecule has 0 radical (unpaired) electrons. The zero-order valence-corrected chi connectivity index (χ0v) is 8.99. The van der Waals surface area contributed by atoms with Crippen molar-refractivity contribution in [2.24, 2.45) is 0 Å². The van der Waals surface area contributed by atoms with Crippen LogP contribution in [0, 0.1) is 0 Å². The predicted octanol–water partition coefficient (Wildman–Crippen LogP) is -0.349. The van der Waals surface area contributed by atoms with Crippen molar-refractivity contribution in [1.82, 2.24) is 4.90 Å². The molecule has 2 atom stereocenters. The van der Waals surface area contributed by atoms with Crippen LogP contribution >= 0.6 is 12.6 Å². The molecule has 0 aromatic rings.